The normalized spacial score (nSPS) is 12.3. The predicted molar refractivity (Wildman–Crippen MR) is 115 cm³/mol. The topological polar surface area (TPSA) is 100 Å². The van der Waals surface area contributed by atoms with Gasteiger partial charge in [-0.2, -0.15) is 13.2 Å². The van der Waals surface area contributed by atoms with Gasteiger partial charge < -0.3 is 15.7 Å². The van der Waals surface area contributed by atoms with Gasteiger partial charge in [-0.1, -0.05) is 19.4 Å². The van der Waals surface area contributed by atoms with Crippen LogP contribution in [0.4, 0.5) is 30.6 Å². The minimum Gasteiger partial charge on any atom is -0.480 e. The number of aryl methyl sites for hydroxylation is 1. The highest BCUT2D eigenvalue weighted by Gasteiger charge is 2.32. The average molecular weight is 445 g/mol. The highest BCUT2D eigenvalue weighted by Crippen LogP contribution is 2.29. The van der Waals surface area contributed by atoms with Gasteiger partial charge in [-0.25, -0.2) is 19.7 Å². The van der Waals surface area contributed by atoms with Crippen molar-refractivity contribution < 1.29 is 23.1 Å². The lowest BCUT2D eigenvalue weighted by molar-refractivity contribution is -0.141. The molecule has 1 atom stereocenters. The zero-order chi connectivity index (χ0) is 23.3. The van der Waals surface area contributed by atoms with Gasteiger partial charge in [0, 0.05) is 23.6 Å². The first-order valence-electron chi connectivity index (χ1n) is 9.90. The van der Waals surface area contributed by atoms with Crippen LogP contribution in [0.1, 0.15) is 31.0 Å². The summed E-state index contributed by atoms with van der Waals surface area (Å²) in [5.74, 6) is -0.661. The summed E-state index contributed by atoms with van der Waals surface area (Å²) in [6.07, 6.45) is -0.713. The van der Waals surface area contributed by atoms with Gasteiger partial charge in [0.15, 0.2) is 0 Å². The molecule has 3 rings (SSSR count). The summed E-state index contributed by atoms with van der Waals surface area (Å²) in [5.41, 5.74) is 1.90. The largest absolute Gasteiger partial charge is 0.480 e. The molecule has 0 aliphatic rings. The van der Waals surface area contributed by atoms with E-state index in [4.69, 9.17) is 0 Å². The van der Waals surface area contributed by atoms with Gasteiger partial charge >= 0.3 is 12.1 Å². The molecule has 0 saturated heterocycles. The lowest BCUT2D eigenvalue weighted by Gasteiger charge is -2.14. The summed E-state index contributed by atoms with van der Waals surface area (Å²) >= 11 is 0. The smallest absolute Gasteiger partial charge is 0.433 e. The standard InChI is InChI=1S/C22H22F3N5O2/c1-3-4-17(20(31)32)29-19-6-5-14(12-27-19)15-9-13(2)10-16(11-15)28-21-26-8-7-18(30-21)22(23,24)25/h5-12,17H,3-4H2,1-2H3,(H,27,29)(H,31,32)(H,26,28,30)/t17-/m1/s1. The van der Waals surface area contributed by atoms with Crippen LogP contribution in [0.3, 0.4) is 0 Å². The van der Waals surface area contributed by atoms with Crippen LogP contribution < -0.4 is 10.6 Å². The number of halogens is 3. The molecule has 2 aromatic heterocycles. The molecule has 0 amide bonds. The Balaban J connectivity index is 1.81. The van der Waals surface area contributed by atoms with E-state index in [1.54, 1.807) is 30.5 Å². The Kier molecular flexibility index (Phi) is 6.92. The van der Waals surface area contributed by atoms with Gasteiger partial charge in [-0.15, -0.1) is 0 Å². The number of aromatic nitrogens is 3. The Morgan fingerprint density at radius 3 is 2.53 bits per heavy atom. The molecule has 2 heterocycles. The van der Waals surface area contributed by atoms with Crippen molar-refractivity contribution in [2.45, 2.75) is 38.9 Å². The second-order valence-electron chi connectivity index (χ2n) is 7.23. The fourth-order valence-electron chi connectivity index (χ4n) is 3.10. The van der Waals surface area contributed by atoms with Crippen LogP contribution in [0, 0.1) is 6.92 Å². The van der Waals surface area contributed by atoms with Crippen LogP contribution in [-0.2, 0) is 11.0 Å². The van der Waals surface area contributed by atoms with Crippen LogP contribution in [-0.4, -0.2) is 32.1 Å². The molecular formula is C22H22F3N5O2. The summed E-state index contributed by atoms with van der Waals surface area (Å²) in [6.45, 7) is 3.76. The second kappa shape index (κ2) is 9.63. The highest BCUT2D eigenvalue weighted by molar-refractivity contribution is 5.77. The van der Waals surface area contributed by atoms with E-state index in [0.717, 1.165) is 35.4 Å². The summed E-state index contributed by atoms with van der Waals surface area (Å²) in [4.78, 5) is 23.0. The third-order valence-electron chi connectivity index (χ3n) is 4.57. The van der Waals surface area contributed by atoms with Crippen LogP contribution in [0.5, 0.6) is 0 Å². The lowest BCUT2D eigenvalue weighted by Crippen LogP contribution is -2.29. The van der Waals surface area contributed by atoms with Gasteiger partial charge in [-0.05, 0) is 54.8 Å². The summed E-state index contributed by atoms with van der Waals surface area (Å²) in [5, 5.41) is 15.0. The second-order valence-corrected chi connectivity index (χ2v) is 7.23. The quantitative estimate of drug-likeness (QED) is 0.434. The number of hydrogen-bond donors (Lipinski definition) is 3. The Morgan fingerprint density at radius 2 is 1.91 bits per heavy atom. The first kappa shape index (κ1) is 23.0. The molecule has 0 spiro atoms. The van der Waals surface area contributed by atoms with E-state index >= 15 is 0 Å². The molecule has 0 radical (unpaired) electrons. The minimum atomic E-state index is -4.56. The fourth-order valence-corrected chi connectivity index (χ4v) is 3.10. The number of benzene rings is 1. The molecule has 3 N–H and O–H groups in total. The molecule has 10 heteroatoms. The molecule has 168 valence electrons. The van der Waals surface area contributed by atoms with E-state index in [9.17, 15) is 23.1 Å². The number of rotatable bonds is 8. The van der Waals surface area contributed by atoms with E-state index in [1.807, 2.05) is 19.9 Å². The van der Waals surface area contributed by atoms with E-state index in [-0.39, 0.29) is 5.95 Å². The first-order chi connectivity index (χ1) is 15.2. The number of anilines is 3. The number of nitrogens with zero attached hydrogens (tertiary/aromatic N) is 3. The van der Waals surface area contributed by atoms with Crippen LogP contribution in [0.25, 0.3) is 11.1 Å². The SMILES string of the molecule is CCC[C@@H](Nc1ccc(-c2cc(C)cc(Nc3nccc(C(F)(F)F)n3)c2)cn1)C(=O)O. The number of carboxylic acids is 1. The molecule has 0 unspecified atom stereocenters. The number of carbonyl (C=O) groups is 1. The minimum absolute atomic E-state index is 0.162. The maximum atomic E-state index is 12.9. The van der Waals surface area contributed by atoms with Crippen molar-refractivity contribution in [2.75, 3.05) is 10.6 Å². The fraction of sp³-hybridized carbons (Fsp3) is 0.273. The number of alkyl halides is 3. The van der Waals surface area contributed by atoms with Crippen LogP contribution in [0.2, 0.25) is 0 Å². The molecule has 1 aromatic carbocycles. The number of aliphatic carboxylic acids is 1. The van der Waals surface area contributed by atoms with Crippen molar-refractivity contribution in [1.82, 2.24) is 15.0 Å². The molecule has 0 aliphatic heterocycles. The van der Waals surface area contributed by atoms with Crippen molar-refractivity contribution in [1.29, 1.82) is 0 Å². The van der Waals surface area contributed by atoms with E-state index < -0.39 is 23.9 Å². The van der Waals surface area contributed by atoms with Gasteiger partial charge in [0.25, 0.3) is 0 Å². The van der Waals surface area contributed by atoms with E-state index in [1.165, 1.54) is 0 Å². The molecule has 0 bridgehead atoms. The predicted octanol–water partition coefficient (Wildman–Crippen LogP) is 5.27. The van der Waals surface area contributed by atoms with Crippen LogP contribution >= 0.6 is 0 Å². The highest BCUT2D eigenvalue weighted by atomic mass is 19.4. The van der Waals surface area contributed by atoms with E-state index in [2.05, 4.69) is 25.6 Å². The number of carboxylic acid groups (broad SMARTS) is 1. The molecule has 32 heavy (non-hydrogen) atoms. The Labute approximate surface area is 182 Å². The maximum absolute atomic E-state index is 12.9. The van der Waals surface area contributed by atoms with E-state index in [0.29, 0.717) is 17.9 Å². The Bertz CT molecular complexity index is 1090. The van der Waals surface area contributed by atoms with Crippen molar-refractivity contribution in [2.24, 2.45) is 0 Å². The first-order valence-corrected chi connectivity index (χ1v) is 9.90. The van der Waals surface area contributed by atoms with Gasteiger partial charge in [0.2, 0.25) is 5.95 Å². The zero-order valence-electron chi connectivity index (χ0n) is 17.4. The van der Waals surface area contributed by atoms with Gasteiger partial charge in [0.05, 0.1) is 0 Å². The zero-order valence-corrected chi connectivity index (χ0v) is 17.4. The van der Waals surface area contributed by atoms with Crippen molar-refractivity contribution in [3.8, 4) is 11.1 Å². The molecule has 0 saturated carbocycles. The maximum Gasteiger partial charge on any atom is 0.433 e. The third-order valence-corrected chi connectivity index (χ3v) is 4.57. The molecule has 7 nitrogen and oxygen atoms in total. The van der Waals surface area contributed by atoms with Gasteiger partial charge in [-0.3, -0.25) is 0 Å². The number of pyridine rings is 1. The Hall–Kier alpha value is -3.69. The van der Waals surface area contributed by atoms with Crippen molar-refractivity contribution >= 4 is 23.4 Å². The summed E-state index contributed by atoms with van der Waals surface area (Å²) in [7, 11) is 0. The Morgan fingerprint density at radius 1 is 1.12 bits per heavy atom. The third kappa shape index (κ3) is 5.93. The monoisotopic (exact) mass is 445 g/mol. The number of nitrogens with one attached hydrogen (secondary N) is 2. The number of hydrogen-bond acceptors (Lipinski definition) is 6. The summed E-state index contributed by atoms with van der Waals surface area (Å²) < 4.78 is 38.7. The summed E-state index contributed by atoms with van der Waals surface area (Å²) in [6, 6.07) is 8.98. The molecule has 0 aliphatic carbocycles. The molecule has 3 aromatic rings. The van der Waals surface area contributed by atoms with Crippen LogP contribution in [0.15, 0.2) is 48.8 Å². The average Bonchev–Trinajstić information content (AvgIpc) is 2.73. The van der Waals surface area contributed by atoms with Crippen molar-refractivity contribution in [3.05, 3.63) is 60.0 Å². The van der Waals surface area contributed by atoms with Gasteiger partial charge in [0.1, 0.15) is 17.6 Å². The molecule has 0 fully saturated rings. The lowest BCUT2D eigenvalue weighted by atomic mass is 10.0. The van der Waals surface area contributed by atoms with Crippen molar-refractivity contribution in [3.63, 3.8) is 0 Å². The molecular weight excluding hydrogens is 423 g/mol.